The summed E-state index contributed by atoms with van der Waals surface area (Å²) < 4.78 is 25.8. The fourth-order valence-electron chi connectivity index (χ4n) is 4.94. The van der Waals surface area contributed by atoms with Crippen LogP contribution < -0.4 is 10.4 Å². The van der Waals surface area contributed by atoms with E-state index >= 15 is 0 Å². The molecule has 31 heavy (non-hydrogen) atoms. The van der Waals surface area contributed by atoms with Crippen LogP contribution in [-0.2, 0) is 18.6 Å². The number of aliphatic hydroxyl groups excluding tert-OH is 1. The molecule has 168 valence electrons. The van der Waals surface area contributed by atoms with Crippen LogP contribution in [0.15, 0.2) is 60.7 Å². The Morgan fingerprint density at radius 3 is 1.84 bits per heavy atom. The molecule has 0 unspecified atom stereocenters. The summed E-state index contributed by atoms with van der Waals surface area (Å²) >= 11 is 0. The van der Waals surface area contributed by atoms with Crippen LogP contribution in [0, 0.1) is 0 Å². The van der Waals surface area contributed by atoms with Crippen molar-refractivity contribution in [2.24, 2.45) is 0 Å². The van der Waals surface area contributed by atoms with Crippen LogP contribution in [0.2, 0.25) is 5.04 Å². The van der Waals surface area contributed by atoms with Crippen LogP contribution in [0.4, 0.5) is 0 Å². The third-order valence-electron chi connectivity index (χ3n) is 6.23. The molecular formula is C25H34O5Si. The SMILES string of the molecule is C[C@@H](O)[C@@H]1O[C@@H](O[Si](c2ccccc2)(c2ccccc2)C(C)(C)C)[C@@H]2OC(C)(C)O[C@H]12. The molecule has 0 aliphatic carbocycles. The quantitative estimate of drug-likeness (QED) is 0.721. The van der Waals surface area contributed by atoms with Gasteiger partial charge in [0.25, 0.3) is 8.32 Å². The Labute approximate surface area is 186 Å². The zero-order valence-electron chi connectivity index (χ0n) is 19.2. The lowest BCUT2D eigenvalue weighted by Gasteiger charge is -2.45. The summed E-state index contributed by atoms with van der Waals surface area (Å²) in [6, 6.07) is 20.9. The van der Waals surface area contributed by atoms with Gasteiger partial charge in [-0.05, 0) is 36.2 Å². The van der Waals surface area contributed by atoms with Crippen LogP contribution in [-0.4, -0.2) is 49.9 Å². The van der Waals surface area contributed by atoms with Crippen LogP contribution in [0.1, 0.15) is 41.5 Å². The first-order valence-corrected chi connectivity index (χ1v) is 12.9. The minimum absolute atomic E-state index is 0.188. The third-order valence-corrected chi connectivity index (χ3v) is 11.2. The molecule has 0 saturated carbocycles. The van der Waals surface area contributed by atoms with Gasteiger partial charge in [-0.25, -0.2) is 0 Å². The van der Waals surface area contributed by atoms with Crippen molar-refractivity contribution in [3.05, 3.63) is 60.7 Å². The molecule has 4 rings (SSSR count). The Balaban J connectivity index is 1.82. The third kappa shape index (κ3) is 4.01. The largest absolute Gasteiger partial charge is 0.391 e. The highest BCUT2D eigenvalue weighted by atomic mass is 28.4. The summed E-state index contributed by atoms with van der Waals surface area (Å²) in [6.07, 6.45) is -2.63. The fraction of sp³-hybridized carbons (Fsp3) is 0.520. The normalized spacial score (nSPS) is 29.0. The van der Waals surface area contributed by atoms with E-state index in [1.807, 2.05) is 26.0 Å². The molecule has 0 radical (unpaired) electrons. The molecule has 2 fully saturated rings. The van der Waals surface area contributed by atoms with Gasteiger partial charge in [0.1, 0.15) is 18.3 Å². The first-order chi connectivity index (χ1) is 14.6. The predicted molar refractivity (Wildman–Crippen MR) is 123 cm³/mol. The smallest absolute Gasteiger partial charge is 0.264 e. The molecule has 5 atom stereocenters. The van der Waals surface area contributed by atoms with Gasteiger partial charge < -0.3 is 23.7 Å². The summed E-state index contributed by atoms with van der Waals surface area (Å²) in [5, 5.41) is 12.5. The highest BCUT2D eigenvalue weighted by Gasteiger charge is 2.61. The molecule has 0 spiro atoms. The molecule has 1 N–H and O–H groups in total. The van der Waals surface area contributed by atoms with E-state index in [4.69, 9.17) is 18.6 Å². The standard InChI is InChI=1S/C25H34O5Si/c1-17(26)20-21-22(29-25(5,6)28-21)23(27-20)30-31(24(2,3)4,18-13-9-7-10-14-18)19-15-11-8-12-16-19/h7-17,20-23,26H,1-6H3/t17-,20+,21-,22-,23+/m1/s1. The van der Waals surface area contributed by atoms with Gasteiger partial charge in [-0.2, -0.15) is 0 Å². The van der Waals surface area contributed by atoms with Crippen molar-refractivity contribution < 1.29 is 23.7 Å². The van der Waals surface area contributed by atoms with Crippen LogP contribution >= 0.6 is 0 Å². The number of ether oxygens (including phenoxy) is 3. The second kappa shape index (κ2) is 8.10. The molecule has 2 saturated heterocycles. The molecule has 2 aromatic rings. The van der Waals surface area contributed by atoms with Crippen molar-refractivity contribution in [2.45, 2.75) is 83.1 Å². The number of rotatable bonds is 5. The maximum Gasteiger partial charge on any atom is 0.264 e. The average molecular weight is 443 g/mol. The van der Waals surface area contributed by atoms with E-state index in [9.17, 15) is 5.11 Å². The van der Waals surface area contributed by atoms with Crippen LogP contribution in [0.25, 0.3) is 0 Å². The molecule has 2 aliphatic heterocycles. The Morgan fingerprint density at radius 2 is 1.39 bits per heavy atom. The molecule has 2 aromatic carbocycles. The molecule has 2 heterocycles. The molecule has 5 nitrogen and oxygen atoms in total. The average Bonchev–Trinajstić information content (AvgIpc) is 3.19. The second-order valence-corrected chi connectivity index (χ2v) is 14.3. The Morgan fingerprint density at radius 1 is 0.903 bits per heavy atom. The number of benzene rings is 2. The Kier molecular flexibility index (Phi) is 5.92. The van der Waals surface area contributed by atoms with Crippen LogP contribution in [0.5, 0.6) is 0 Å². The lowest BCUT2D eigenvalue weighted by Crippen LogP contribution is -2.68. The van der Waals surface area contributed by atoms with Crippen LogP contribution in [0.3, 0.4) is 0 Å². The van der Waals surface area contributed by atoms with Crippen molar-refractivity contribution in [1.82, 2.24) is 0 Å². The maximum absolute atomic E-state index is 10.4. The fourth-order valence-corrected chi connectivity index (χ4v) is 9.49. The van der Waals surface area contributed by atoms with Gasteiger partial charge in [0, 0.05) is 0 Å². The first kappa shape index (κ1) is 22.6. The van der Waals surface area contributed by atoms with Crippen molar-refractivity contribution in [3.8, 4) is 0 Å². The molecule has 0 bridgehead atoms. The minimum atomic E-state index is -2.83. The van der Waals surface area contributed by atoms with E-state index in [0.717, 1.165) is 0 Å². The van der Waals surface area contributed by atoms with E-state index in [1.165, 1.54) is 10.4 Å². The Bertz CT molecular complexity index is 838. The zero-order valence-corrected chi connectivity index (χ0v) is 20.2. The molecule has 6 heteroatoms. The van der Waals surface area contributed by atoms with E-state index in [1.54, 1.807) is 6.92 Å². The van der Waals surface area contributed by atoms with Gasteiger partial charge >= 0.3 is 0 Å². The van der Waals surface area contributed by atoms with Gasteiger partial charge in [-0.15, -0.1) is 0 Å². The van der Waals surface area contributed by atoms with Gasteiger partial charge in [0.2, 0.25) is 0 Å². The van der Waals surface area contributed by atoms with Crippen molar-refractivity contribution >= 4 is 18.7 Å². The number of fused-ring (bicyclic) bond motifs is 1. The van der Waals surface area contributed by atoms with Crippen molar-refractivity contribution in [1.29, 1.82) is 0 Å². The van der Waals surface area contributed by atoms with E-state index in [-0.39, 0.29) is 11.1 Å². The molecule has 0 amide bonds. The van der Waals surface area contributed by atoms with E-state index in [2.05, 4.69) is 69.3 Å². The molecule has 2 aliphatic rings. The molecular weight excluding hydrogens is 408 g/mol. The minimum Gasteiger partial charge on any atom is -0.391 e. The van der Waals surface area contributed by atoms with Gasteiger partial charge in [-0.1, -0.05) is 81.4 Å². The summed E-state index contributed by atoms with van der Waals surface area (Å²) in [5.74, 6) is -0.751. The summed E-state index contributed by atoms with van der Waals surface area (Å²) in [7, 11) is -2.83. The van der Waals surface area contributed by atoms with Gasteiger partial charge in [0.15, 0.2) is 12.1 Å². The lowest BCUT2D eigenvalue weighted by molar-refractivity contribution is -0.224. The first-order valence-electron chi connectivity index (χ1n) is 11.0. The second-order valence-electron chi connectivity index (χ2n) is 10.1. The topological polar surface area (TPSA) is 57.2 Å². The van der Waals surface area contributed by atoms with Gasteiger partial charge in [0.05, 0.1) is 6.10 Å². The summed E-state index contributed by atoms with van der Waals surface area (Å²) in [5.41, 5.74) is 0. The van der Waals surface area contributed by atoms with E-state index in [0.29, 0.717) is 0 Å². The van der Waals surface area contributed by atoms with Gasteiger partial charge in [-0.3, -0.25) is 0 Å². The van der Waals surface area contributed by atoms with Crippen molar-refractivity contribution in [3.63, 3.8) is 0 Å². The summed E-state index contributed by atoms with van der Waals surface area (Å²) in [6.45, 7) is 12.2. The number of hydrogen-bond donors (Lipinski definition) is 1. The monoisotopic (exact) mass is 442 g/mol. The highest BCUT2D eigenvalue weighted by Crippen LogP contribution is 2.44. The summed E-state index contributed by atoms with van der Waals surface area (Å²) in [4.78, 5) is 0. The predicted octanol–water partition coefficient (Wildman–Crippen LogP) is 3.19. The highest BCUT2D eigenvalue weighted by molar-refractivity contribution is 6.99. The maximum atomic E-state index is 10.4. The van der Waals surface area contributed by atoms with Crippen molar-refractivity contribution in [2.75, 3.05) is 0 Å². The molecule has 0 aromatic heterocycles. The zero-order chi connectivity index (χ0) is 22.4. The Hall–Kier alpha value is -1.54. The number of aliphatic hydroxyl groups is 1. The lowest BCUT2D eigenvalue weighted by atomic mass is 10.1. The van der Waals surface area contributed by atoms with E-state index < -0.39 is 38.7 Å². The number of hydrogen-bond acceptors (Lipinski definition) is 5.